The molecule has 0 saturated carbocycles. The van der Waals surface area contributed by atoms with Gasteiger partial charge in [-0.05, 0) is 25.2 Å². The van der Waals surface area contributed by atoms with Crippen LogP contribution < -0.4 is 0 Å². The molecule has 0 aliphatic heterocycles. The maximum absolute atomic E-state index is 9.71. The van der Waals surface area contributed by atoms with Gasteiger partial charge in [-0.1, -0.05) is 52.4 Å². The fourth-order valence-corrected chi connectivity index (χ4v) is 2.95. The number of unbranched alkanes of at least 4 members (excludes halogenated alkanes) is 6. The van der Waals surface area contributed by atoms with E-state index in [0.717, 1.165) is 12.3 Å². The van der Waals surface area contributed by atoms with E-state index in [1.165, 1.54) is 51.4 Å². The predicted molar refractivity (Wildman–Crippen MR) is 67.2 cm³/mol. The van der Waals surface area contributed by atoms with Crippen molar-refractivity contribution in [3.63, 3.8) is 0 Å². The van der Waals surface area contributed by atoms with E-state index in [4.69, 9.17) is 0 Å². The normalized spacial score (nSPS) is 11.1. The third kappa shape index (κ3) is 10.5. The molecule has 0 atom stereocenters. The van der Waals surface area contributed by atoms with Crippen LogP contribution >= 0.6 is 8.15 Å². The summed E-state index contributed by atoms with van der Waals surface area (Å²) >= 11 is 0. The molecule has 0 aliphatic rings. The van der Waals surface area contributed by atoms with E-state index < -0.39 is 8.15 Å². The van der Waals surface area contributed by atoms with Crippen molar-refractivity contribution in [3.8, 4) is 0 Å². The fraction of sp³-hybridized carbons (Fsp3) is 1.00. The van der Waals surface area contributed by atoms with Gasteiger partial charge in [0, 0.05) is 8.15 Å². The van der Waals surface area contributed by atoms with E-state index >= 15 is 0 Å². The van der Waals surface area contributed by atoms with Gasteiger partial charge in [0.1, 0.15) is 0 Å². The molecular formula is C12H27OP. The molecule has 86 valence electrons. The van der Waals surface area contributed by atoms with Gasteiger partial charge < -0.3 is 4.89 Å². The van der Waals surface area contributed by atoms with Crippen molar-refractivity contribution in [3.05, 3.63) is 0 Å². The molecule has 0 fully saturated rings. The third-order valence-electron chi connectivity index (χ3n) is 2.54. The molecule has 0 radical (unpaired) electrons. The summed E-state index contributed by atoms with van der Waals surface area (Å²) in [5.74, 6) is 0. The number of rotatable bonds is 10. The quantitative estimate of drug-likeness (QED) is 0.421. The fourth-order valence-electron chi connectivity index (χ4n) is 1.55. The molecule has 0 unspecified atom stereocenters. The molecule has 0 aromatic rings. The molecule has 14 heavy (non-hydrogen) atoms. The van der Waals surface area contributed by atoms with Crippen molar-refractivity contribution < 1.29 is 4.89 Å². The van der Waals surface area contributed by atoms with Gasteiger partial charge in [-0.3, -0.25) is 0 Å². The minimum Gasteiger partial charge on any atom is -0.374 e. The van der Waals surface area contributed by atoms with Crippen LogP contribution in [-0.2, 0) is 0 Å². The minimum absolute atomic E-state index is 0.614. The number of hydrogen-bond acceptors (Lipinski definition) is 1. The first-order valence-corrected chi connectivity index (χ1v) is 7.91. The molecular weight excluding hydrogens is 191 g/mol. The second-order valence-corrected chi connectivity index (χ2v) is 5.98. The zero-order chi connectivity index (χ0) is 10.6. The minimum atomic E-state index is -0.614. The van der Waals surface area contributed by atoms with Crippen LogP contribution in [0.25, 0.3) is 0 Å². The first-order chi connectivity index (χ1) is 6.81. The molecule has 1 N–H and O–H groups in total. The van der Waals surface area contributed by atoms with Gasteiger partial charge in [0.2, 0.25) is 0 Å². The highest BCUT2D eigenvalue weighted by atomic mass is 31.1. The van der Waals surface area contributed by atoms with E-state index in [1.54, 1.807) is 0 Å². The molecule has 0 rings (SSSR count). The third-order valence-corrected chi connectivity index (χ3v) is 4.20. The topological polar surface area (TPSA) is 20.2 Å². The average molecular weight is 218 g/mol. The first kappa shape index (κ1) is 14.4. The molecule has 0 aromatic carbocycles. The highest BCUT2D eigenvalue weighted by Crippen LogP contribution is 2.32. The molecule has 1 nitrogen and oxygen atoms in total. The predicted octanol–water partition coefficient (Wildman–Crippen LogP) is 4.54. The second-order valence-electron chi connectivity index (χ2n) is 4.07. The van der Waals surface area contributed by atoms with Crippen molar-refractivity contribution in [2.75, 3.05) is 12.3 Å². The number of hydrogen-bond donors (Lipinski definition) is 1. The SMILES string of the molecule is CCCCCCP(O)CCCCCC. The summed E-state index contributed by atoms with van der Waals surface area (Å²) in [6.45, 7) is 4.46. The maximum atomic E-state index is 9.71. The summed E-state index contributed by atoms with van der Waals surface area (Å²) in [4.78, 5) is 9.71. The lowest BCUT2D eigenvalue weighted by molar-refractivity contribution is 0.602. The molecule has 2 heteroatoms. The van der Waals surface area contributed by atoms with E-state index in [9.17, 15) is 4.89 Å². The highest BCUT2D eigenvalue weighted by molar-refractivity contribution is 7.51. The van der Waals surface area contributed by atoms with E-state index in [1.807, 2.05) is 0 Å². The largest absolute Gasteiger partial charge is 0.374 e. The van der Waals surface area contributed by atoms with Gasteiger partial charge in [-0.25, -0.2) is 0 Å². The Balaban J connectivity index is 3.07. The summed E-state index contributed by atoms with van der Waals surface area (Å²) in [5.41, 5.74) is 0. The van der Waals surface area contributed by atoms with E-state index in [2.05, 4.69) is 13.8 Å². The van der Waals surface area contributed by atoms with Crippen molar-refractivity contribution in [2.45, 2.75) is 65.2 Å². The summed E-state index contributed by atoms with van der Waals surface area (Å²) in [6, 6.07) is 0. The Morgan fingerprint density at radius 2 is 1.14 bits per heavy atom. The first-order valence-electron chi connectivity index (χ1n) is 6.25. The van der Waals surface area contributed by atoms with Crippen LogP contribution in [0.5, 0.6) is 0 Å². The van der Waals surface area contributed by atoms with Crippen LogP contribution in [0, 0.1) is 0 Å². The molecule has 0 amide bonds. The van der Waals surface area contributed by atoms with Crippen LogP contribution in [0.2, 0.25) is 0 Å². The van der Waals surface area contributed by atoms with Crippen LogP contribution in [-0.4, -0.2) is 17.2 Å². The Hall–Kier alpha value is 0.390. The highest BCUT2D eigenvalue weighted by Gasteiger charge is 2.02. The lowest BCUT2D eigenvalue weighted by Crippen LogP contribution is -1.90. The molecule has 0 spiro atoms. The Bertz CT molecular complexity index is 94.5. The van der Waals surface area contributed by atoms with Crippen LogP contribution in [0.4, 0.5) is 0 Å². The van der Waals surface area contributed by atoms with Crippen molar-refractivity contribution in [2.24, 2.45) is 0 Å². The zero-order valence-corrected chi connectivity index (χ0v) is 10.9. The van der Waals surface area contributed by atoms with Crippen LogP contribution in [0.3, 0.4) is 0 Å². The van der Waals surface area contributed by atoms with Crippen molar-refractivity contribution >= 4 is 8.15 Å². The van der Waals surface area contributed by atoms with Gasteiger partial charge >= 0.3 is 0 Å². The molecule has 0 heterocycles. The van der Waals surface area contributed by atoms with E-state index in [-0.39, 0.29) is 0 Å². The average Bonchev–Trinajstić information content (AvgIpc) is 2.19. The Morgan fingerprint density at radius 3 is 1.50 bits per heavy atom. The molecule has 0 bridgehead atoms. The maximum Gasteiger partial charge on any atom is 0.0251 e. The Morgan fingerprint density at radius 1 is 0.714 bits per heavy atom. The van der Waals surface area contributed by atoms with Crippen molar-refractivity contribution in [1.82, 2.24) is 0 Å². The lowest BCUT2D eigenvalue weighted by atomic mass is 10.2. The van der Waals surface area contributed by atoms with Gasteiger partial charge in [-0.2, -0.15) is 0 Å². The van der Waals surface area contributed by atoms with Gasteiger partial charge in [0.05, 0.1) is 0 Å². The Labute approximate surface area is 91.1 Å². The summed E-state index contributed by atoms with van der Waals surface area (Å²) < 4.78 is 0. The molecule has 0 aromatic heterocycles. The van der Waals surface area contributed by atoms with Crippen molar-refractivity contribution in [1.29, 1.82) is 0 Å². The van der Waals surface area contributed by atoms with Gasteiger partial charge in [0.15, 0.2) is 0 Å². The summed E-state index contributed by atoms with van der Waals surface area (Å²) in [6.07, 6.45) is 12.5. The lowest BCUT2D eigenvalue weighted by Gasteiger charge is -2.09. The summed E-state index contributed by atoms with van der Waals surface area (Å²) in [5, 5.41) is 0. The smallest absolute Gasteiger partial charge is 0.0251 e. The molecule has 0 aliphatic carbocycles. The van der Waals surface area contributed by atoms with Crippen LogP contribution in [0.1, 0.15) is 65.2 Å². The second kappa shape index (κ2) is 11.5. The molecule has 0 saturated heterocycles. The van der Waals surface area contributed by atoms with Crippen LogP contribution in [0.15, 0.2) is 0 Å². The monoisotopic (exact) mass is 218 g/mol. The van der Waals surface area contributed by atoms with Gasteiger partial charge in [-0.15, -0.1) is 0 Å². The standard InChI is InChI=1S/C12H27OP/c1-3-5-7-9-11-14(13)12-10-8-6-4-2/h13H,3-12H2,1-2H3. The van der Waals surface area contributed by atoms with Gasteiger partial charge in [0.25, 0.3) is 0 Å². The zero-order valence-electron chi connectivity index (χ0n) is 9.97. The van der Waals surface area contributed by atoms with E-state index in [0.29, 0.717) is 0 Å². The summed E-state index contributed by atoms with van der Waals surface area (Å²) in [7, 11) is -0.614. The Kier molecular flexibility index (Phi) is 11.8.